The highest BCUT2D eigenvalue weighted by Crippen LogP contribution is 2.46. The summed E-state index contributed by atoms with van der Waals surface area (Å²) in [6.07, 6.45) is 7.16. The Morgan fingerprint density at radius 3 is 2.61 bits per heavy atom. The summed E-state index contributed by atoms with van der Waals surface area (Å²) in [6, 6.07) is 8.57. The number of pyridine rings is 2. The normalized spacial score (nSPS) is 13.8. The highest BCUT2D eigenvalue weighted by atomic mass is 19.1. The number of rotatable bonds is 13. The number of carbonyl (C=O) groups is 2. The topological polar surface area (TPSA) is 90.8 Å². The molecule has 1 fully saturated rings. The van der Waals surface area contributed by atoms with Crippen LogP contribution in [0.15, 0.2) is 60.2 Å². The fraction of sp³-hybridized carbons (Fsp3) is 0.323. The molecule has 41 heavy (non-hydrogen) atoms. The summed E-state index contributed by atoms with van der Waals surface area (Å²) < 4.78 is 30.8. The molecule has 0 radical (unpaired) electrons. The van der Waals surface area contributed by atoms with Crippen LogP contribution in [0.25, 0.3) is 11.3 Å². The third-order valence-corrected chi connectivity index (χ3v) is 7.11. The van der Waals surface area contributed by atoms with Crippen molar-refractivity contribution in [3.63, 3.8) is 0 Å². The van der Waals surface area contributed by atoms with Crippen molar-refractivity contribution in [2.24, 2.45) is 4.99 Å². The third-order valence-electron chi connectivity index (χ3n) is 7.11. The first kappa shape index (κ1) is 29.5. The van der Waals surface area contributed by atoms with Crippen molar-refractivity contribution in [1.82, 2.24) is 20.2 Å². The zero-order valence-electron chi connectivity index (χ0n) is 23.5. The summed E-state index contributed by atoms with van der Waals surface area (Å²) in [7, 11) is 1.57. The first-order valence-electron chi connectivity index (χ1n) is 13.5. The summed E-state index contributed by atoms with van der Waals surface area (Å²) in [5.41, 5.74) is 2.09. The zero-order valence-corrected chi connectivity index (χ0v) is 23.5. The lowest BCUT2D eigenvalue weighted by atomic mass is 10.0. The molecule has 1 atom stereocenters. The van der Waals surface area contributed by atoms with E-state index in [0.29, 0.717) is 43.9 Å². The van der Waals surface area contributed by atoms with E-state index in [-0.39, 0.29) is 34.6 Å². The van der Waals surface area contributed by atoms with Crippen LogP contribution in [0.2, 0.25) is 0 Å². The van der Waals surface area contributed by atoms with Gasteiger partial charge in [-0.05, 0) is 62.9 Å². The number of halogens is 2. The molecule has 1 N–H and O–H groups in total. The molecule has 2 aromatic heterocycles. The largest absolute Gasteiger partial charge is 0.357 e. The smallest absolute Gasteiger partial charge is 0.219 e. The molecule has 10 heteroatoms. The van der Waals surface area contributed by atoms with Gasteiger partial charge in [0.25, 0.3) is 0 Å². The molecule has 8 nitrogen and oxygen atoms in total. The summed E-state index contributed by atoms with van der Waals surface area (Å²) in [4.78, 5) is 40.9. The van der Waals surface area contributed by atoms with E-state index in [1.54, 1.807) is 31.5 Å². The second-order valence-corrected chi connectivity index (χ2v) is 9.97. The van der Waals surface area contributed by atoms with Crippen molar-refractivity contribution in [1.29, 1.82) is 0 Å². The third kappa shape index (κ3) is 6.32. The number of hydrogen-bond donors (Lipinski definition) is 1. The maximum absolute atomic E-state index is 15.9. The minimum absolute atomic E-state index is 0.0315. The van der Waals surface area contributed by atoms with Crippen LogP contribution in [0, 0.1) is 18.6 Å². The fourth-order valence-electron chi connectivity index (χ4n) is 4.92. The van der Waals surface area contributed by atoms with E-state index < -0.39 is 11.6 Å². The first-order valence-corrected chi connectivity index (χ1v) is 13.5. The Morgan fingerprint density at radius 2 is 1.98 bits per heavy atom. The van der Waals surface area contributed by atoms with Gasteiger partial charge >= 0.3 is 0 Å². The number of carbonyl (C=O) groups excluding carboxylic acids is 2. The lowest BCUT2D eigenvalue weighted by Gasteiger charge is -2.34. The lowest BCUT2D eigenvalue weighted by molar-refractivity contribution is -0.109. The molecule has 1 aliphatic rings. The minimum atomic E-state index is -0.770. The predicted octanol–water partition coefficient (Wildman–Crippen LogP) is 5.29. The van der Waals surface area contributed by atoms with Gasteiger partial charge in [0.15, 0.2) is 5.82 Å². The van der Waals surface area contributed by atoms with Gasteiger partial charge in [0.2, 0.25) is 12.8 Å². The van der Waals surface area contributed by atoms with Gasteiger partial charge in [0.05, 0.1) is 16.9 Å². The van der Waals surface area contributed by atoms with Crippen LogP contribution in [0.5, 0.6) is 0 Å². The second kappa shape index (κ2) is 13.3. The number of amidine groups is 1. The Balaban J connectivity index is 1.99. The summed E-state index contributed by atoms with van der Waals surface area (Å²) >= 11 is 0. The van der Waals surface area contributed by atoms with Crippen molar-refractivity contribution in [3.8, 4) is 11.3 Å². The molecule has 2 amide bonds. The van der Waals surface area contributed by atoms with Crippen LogP contribution in [0.3, 0.4) is 0 Å². The Kier molecular flexibility index (Phi) is 9.54. The molecule has 2 heterocycles. The van der Waals surface area contributed by atoms with E-state index in [0.717, 1.165) is 24.1 Å². The molecule has 0 aliphatic heterocycles. The quantitative estimate of drug-likeness (QED) is 0.133. The summed E-state index contributed by atoms with van der Waals surface area (Å²) in [6.45, 7) is 8.33. The Morgan fingerprint density at radius 1 is 1.22 bits per heavy atom. The van der Waals surface area contributed by atoms with Crippen LogP contribution in [-0.2, 0) is 9.59 Å². The van der Waals surface area contributed by atoms with Crippen LogP contribution >= 0.6 is 0 Å². The van der Waals surface area contributed by atoms with Crippen LogP contribution in [0.4, 0.5) is 20.3 Å². The molecule has 4 rings (SSSR count). The Bertz CT molecular complexity index is 1460. The molecular weight excluding hydrogens is 526 g/mol. The molecule has 3 aromatic rings. The maximum Gasteiger partial charge on any atom is 0.219 e. The fourth-order valence-corrected chi connectivity index (χ4v) is 4.92. The van der Waals surface area contributed by atoms with E-state index >= 15 is 4.39 Å². The molecule has 0 saturated heterocycles. The maximum atomic E-state index is 15.9. The van der Waals surface area contributed by atoms with Crippen molar-refractivity contribution in [3.05, 3.63) is 83.7 Å². The van der Waals surface area contributed by atoms with Gasteiger partial charge in [0.1, 0.15) is 23.2 Å². The number of aliphatic imine (C=N–C) groups is 1. The Labute approximate surface area is 238 Å². The molecule has 214 valence electrons. The van der Waals surface area contributed by atoms with E-state index in [1.807, 2.05) is 18.7 Å². The molecule has 0 bridgehead atoms. The van der Waals surface area contributed by atoms with Gasteiger partial charge in [-0.2, -0.15) is 0 Å². The number of amides is 2. The molecule has 1 saturated carbocycles. The number of aromatic nitrogens is 2. The molecule has 1 aromatic carbocycles. The van der Waals surface area contributed by atoms with Crippen molar-refractivity contribution in [2.75, 3.05) is 25.0 Å². The molecule has 1 unspecified atom stereocenters. The summed E-state index contributed by atoms with van der Waals surface area (Å²) in [5, 5.41) is 2.68. The zero-order chi connectivity index (χ0) is 29.5. The highest BCUT2D eigenvalue weighted by molar-refractivity contribution is 6.06. The standard InChI is InChI=1S/C31H34F2N6O2/c1-5-6-15-38(21(3)17-35-18-40)30(34-4)24-16-26(33)28(23-9-7-8-10-25(23)32)37-31(24)39(19-41)29-20(2)13-14-36-27(29)22-11-12-22/h5,7-10,13-14,16,18-19,21-22H,1,6,11-12,15,17H2,2-4H3,(H,35,40). The molecule has 0 spiro atoms. The first-order chi connectivity index (χ1) is 19.9. The molecular formula is C31H34F2N6O2. The second-order valence-electron chi connectivity index (χ2n) is 9.97. The Hall–Kier alpha value is -4.47. The predicted molar refractivity (Wildman–Crippen MR) is 156 cm³/mol. The highest BCUT2D eigenvalue weighted by Gasteiger charge is 2.33. The van der Waals surface area contributed by atoms with E-state index in [4.69, 9.17) is 0 Å². The van der Waals surface area contributed by atoms with Crippen molar-refractivity contribution < 1.29 is 18.4 Å². The number of aryl methyl sites for hydroxylation is 1. The van der Waals surface area contributed by atoms with Crippen LogP contribution in [-0.4, -0.2) is 59.7 Å². The van der Waals surface area contributed by atoms with Gasteiger partial charge in [-0.3, -0.25) is 24.5 Å². The monoisotopic (exact) mass is 560 g/mol. The van der Waals surface area contributed by atoms with Gasteiger partial charge in [-0.25, -0.2) is 13.8 Å². The van der Waals surface area contributed by atoms with Crippen LogP contribution in [0.1, 0.15) is 48.9 Å². The van der Waals surface area contributed by atoms with Crippen LogP contribution < -0.4 is 10.2 Å². The number of benzene rings is 1. The van der Waals surface area contributed by atoms with Crippen molar-refractivity contribution in [2.45, 2.75) is 45.1 Å². The number of nitrogens with zero attached hydrogens (tertiary/aromatic N) is 5. The van der Waals surface area contributed by atoms with Gasteiger partial charge in [-0.1, -0.05) is 18.2 Å². The average Bonchev–Trinajstić information content (AvgIpc) is 3.82. The number of hydrogen-bond acceptors (Lipinski definition) is 5. The average molecular weight is 561 g/mol. The lowest BCUT2D eigenvalue weighted by Crippen LogP contribution is -2.45. The van der Waals surface area contributed by atoms with Gasteiger partial charge in [-0.15, -0.1) is 6.58 Å². The van der Waals surface area contributed by atoms with Gasteiger partial charge in [0, 0.05) is 43.9 Å². The molecule has 1 aliphatic carbocycles. The SMILES string of the molecule is C=CCCN(C(=NC)c1cc(F)c(-c2ccccc2F)nc1N(C=O)c1c(C)ccnc1C1CC1)C(C)CNC=O. The van der Waals surface area contributed by atoms with E-state index in [9.17, 15) is 14.0 Å². The summed E-state index contributed by atoms with van der Waals surface area (Å²) in [5.74, 6) is -0.766. The van der Waals surface area contributed by atoms with E-state index in [2.05, 4.69) is 26.9 Å². The van der Waals surface area contributed by atoms with Gasteiger partial charge < -0.3 is 10.2 Å². The minimum Gasteiger partial charge on any atom is -0.357 e. The van der Waals surface area contributed by atoms with Crippen molar-refractivity contribution >= 4 is 30.2 Å². The van der Waals surface area contributed by atoms with E-state index in [1.165, 1.54) is 29.2 Å². The number of nitrogens with one attached hydrogen (secondary N) is 1. The number of anilines is 2.